The monoisotopic (exact) mass is 357 g/mol. The first-order valence-electron chi connectivity index (χ1n) is 5.54. The van der Waals surface area contributed by atoms with Crippen LogP contribution < -0.4 is 10.5 Å². The Morgan fingerprint density at radius 2 is 2.00 bits per heavy atom. The van der Waals surface area contributed by atoms with Gasteiger partial charge in [0.15, 0.2) is 11.6 Å². The van der Waals surface area contributed by atoms with Crippen LogP contribution >= 0.6 is 22.6 Å². The SMILES string of the molecule is C[C@@H](N)c1ccc(Oc2cccc(I)c2)c(F)c1. The molecular formula is C14H13FINO. The molecule has 0 bridgehead atoms. The van der Waals surface area contributed by atoms with Crippen molar-refractivity contribution in [2.75, 3.05) is 0 Å². The molecule has 0 aromatic heterocycles. The maximum Gasteiger partial charge on any atom is 0.166 e. The van der Waals surface area contributed by atoms with Crippen LogP contribution in [0.5, 0.6) is 11.5 Å². The van der Waals surface area contributed by atoms with Gasteiger partial charge in [-0.25, -0.2) is 4.39 Å². The van der Waals surface area contributed by atoms with Crippen LogP contribution in [0.15, 0.2) is 42.5 Å². The minimum absolute atomic E-state index is 0.189. The van der Waals surface area contributed by atoms with Crippen LogP contribution in [0.25, 0.3) is 0 Å². The molecule has 0 spiro atoms. The summed E-state index contributed by atoms with van der Waals surface area (Å²) < 4.78 is 20.4. The largest absolute Gasteiger partial charge is 0.454 e. The highest BCUT2D eigenvalue weighted by Gasteiger charge is 2.08. The zero-order valence-corrected chi connectivity index (χ0v) is 12.0. The van der Waals surface area contributed by atoms with Gasteiger partial charge in [-0.2, -0.15) is 0 Å². The number of rotatable bonds is 3. The van der Waals surface area contributed by atoms with E-state index in [0.717, 1.165) is 9.13 Å². The average Bonchev–Trinajstić information content (AvgIpc) is 2.31. The summed E-state index contributed by atoms with van der Waals surface area (Å²) in [6.07, 6.45) is 0. The maximum absolute atomic E-state index is 13.8. The fourth-order valence-electron chi connectivity index (χ4n) is 1.54. The minimum atomic E-state index is -0.399. The number of hydrogen-bond donors (Lipinski definition) is 1. The molecule has 2 nitrogen and oxygen atoms in total. The molecule has 0 heterocycles. The van der Waals surface area contributed by atoms with Crippen LogP contribution in [-0.4, -0.2) is 0 Å². The first-order chi connectivity index (χ1) is 8.56. The summed E-state index contributed by atoms with van der Waals surface area (Å²) in [5.74, 6) is 0.430. The predicted molar refractivity (Wildman–Crippen MR) is 78.2 cm³/mol. The van der Waals surface area contributed by atoms with Gasteiger partial charge in [0.1, 0.15) is 5.75 Å². The molecule has 2 aromatic rings. The molecule has 0 fully saturated rings. The van der Waals surface area contributed by atoms with Crippen molar-refractivity contribution in [3.8, 4) is 11.5 Å². The van der Waals surface area contributed by atoms with Crippen molar-refractivity contribution in [3.63, 3.8) is 0 Å². The quantitative estimate of drug-likeness (QED) is 0.834. The van der Waals surface area contributed by atoms with Crippen LogP contribution in [0.1, 0.15) is 18.5 Å². The molecule has 0 unspecified atom stereocenters. The smallest absolute Gasteiger partial charge is 0.166 e. The Morgan fingerprint density at radius 1 is 1.22 bits per heavy atom. The lowest BCUT2D eigenvalue weighted by Gasteiger charge is -2.10. The van der Waals surface area contributed by atoms with E-state index < -0.39 is 5.82 Å². The normalized spacial score (nSPS) is 12.2. The molecule has 0 saturated heterocycles. The molecular weight excluding hydrogens is 344 g/mol. The summed E-state index contributed by atoms with van der Waals surface area (Å²) in [7, 11) is 0. The van der Waals surface area contributed by atoms with Crippen LogP contribution in [-0.2, 0) is 0 Å². The number of benzene rings is 2. The summed E-state index contributed by atoms with van der Waals surface area (Å²) in [5, 5.41) is 0. The van der Waals surface area contributed by atoms with E-state index in [-0.39, 0.29) is 11.8 Å². The first-order valence-corrected chi connectivity index (χ1v) is 6.62. The van der Waals surface area contributed by atoms with Gasteiger partial charge in [-0.15, -0.1) is 0 Å². The van der Waals surface area contributed by atoms with Crippen LogP contribution in [0.3, 0.4) is 0 Å². The first kappa shape index (κ1) is 13.3. The topological polar surface area (TPSA) is 35.2 Å². The third-order valence-electron chi connectivity index (χ3n) is 2.51. The predicted octanol–water partition coefficient (Wildman–Crippen LogP) is 4.24. The number of ether oxygens (including phenoxy) is 1. The average molecular weight is 357 g/mol. The van der Waals surface area contributed by atoms with E-state index in [4.69, 9.17) is 10.5 Å². The second kappa shape index (κ2) is 5.67. The summed E-state index contributed by atoms with van der Waals surface area (Å²) >= 11 is 2.18. The van der Waals surface area contributed by atoms with Gasteiger partial charge in [0, 0.05) is 9.61 Å². The van der Waals surface area contributed by atoms with E-state index in [9.17, 15) is 4.39 Å². The van der Waals surface area contributed by atoms with Crippen molar-refractivity contribution in [2.24, 2.45) is 5.73 Å². The van der Waals surface area contributed by atoms with Crippen molar-refractivity contribution in [3.05, 3.63) is 57.4 Å². The zero-order valence-electron chi connectivity index (χ0n) is 9.86. The fraction of sp³-hybridized carbons (Fsp3) is 0.143. The lowest BCUT2D eigenvalue weighted by atomic mass is 10.1. The van der Waals surface area contributed by atoms with E-state index in [1.807, 2.05) is 25.1 Å². The van der Waals surface area contributed by atoms with E-state index in [1.54, 1.807) is 18.2 Å². The molecule has 0 aliphatic rings. The van der Waals surface area contributed by atoms with Crippen molar-refractivity contribution in [1.29, 1.82) is 0 Å². The number of nitrogens with two attached hydrogens (primary N) is 1. The molecule has 0 saturated carbocycles. The Bertz CT molecular complexity index is 557. The second-order valence-electron chi connectivity index (χ2n) is 4.04. The fourth-order valence-corrected chi connectivity index (χ4v) is 2.06. The van der Waals surface area contributed by atoms with Crippen LogP contribution in [0.4, 0.5) is 4.39 Å². The Balaban J connectivity index is 2.24. The van der Waals surface area contributed by atoms with Crippen molar-refractivity contribution < 1.29 is 9.13 Å². The highest BCUT2D eigenvalue weighted by molar-refractivity contribution is 14.1. The van der Waals surface area contributed by atoms with Gasteiger partial charge in [0.2, 0.25) is 0 Å². The van der Waals surface area contributed by atoms with Gasteiger partial charge >= 0.3 is 0 Å². The summed E-state index contributed by atoms with van der Waals surface area (Å²) in [6.45, 7) is 1.81. The van der Waals surface area contributed by atoms with E-state index in [2.05, 4.69) is 22.6 Å². The highest BCUT2D eigenvalue weighted by atomic mass is 127. The molecule has 0 aliphatic heterocycles. The molecule has 4 heteroatoms. The lowest BCUT2D eigenvalue weighted by Crippen LogP contribution is -2.05. The third-order valence-corrected chi connectivity index (χ3v) is 3.18. The molecule has 0 aliphatic carbocycles. The van der Waals surface area contributed by atoms with Crippen LogP contribution in [0, 0.1) is 9.39 Å². The lowest BCUT2D eigenvalue weighted by molar-refractivity contribution is 0.441. The van der Waals surface area contributed by atoms with Gasteiger partial charge < -0.3 is 10.5 Å². The second-order valence-corrected chi connectivity index (χ2v) is 5.28. The number of hydrogen-bond acceptors (Lipinski definition) is 2. The Morgan fingerprint density at radius 3 is 2.61 bits per heavy atom. The molecule has 0 radical (unpaired) electrons. The van der Waals surface area contributed by atoms with Crippen LogP contribution in [0.2, 0.25) is 0 Å². The van der Waals surface area contributed by atoms with Gasteiger partial charge in [0.25, 0.3) is 0 Å². The molecule has 2 N–H and O–H groups in total. The zero-order chi connectivity index (χ0) is 13.1. The summed E-state index contributed by atoms with van der Waals surface area (Å²) in [6, 6.07) is 12.1. The standard InChI is InChI=1S/C14H13FINO/c1-9(17)10-5-6-14(13(15)7-10)18-12-4-2-3-11(16)8-12/h2-9H,17H2,1H3/t9-/m1/s1. The van der Waals surface area contributed by atoms with Crippen molar-refractivity contribution in [2.45, 2.75) is 13.0 Å². The Hall–Kier alpha value is -1.14. The molecule has 94 valence electrons. The van der Waals surface area contributed by atoms with Crippen molar-refractivity contribution in [1.82, 2.24) is 0 Å². The summed E-state index contributed by atoms with van der Waals surface area (Å²) in [4.78, 5) is 0. The molecule has 2 aromatic carbocycles. The highest BCUT2D eigenvalue weighted by Crippen LogP contribution is 2.27. The third kappa shape index (κ3) is 3.20. The maximum atomic E-state index is 13.8. The summed E-state index contributed by atoms with van der Waals surface area (Å²) in [5.41, 5.74) is 6.45. The Labute approximate surface area is 119 Å². The van der Waals surface area contributed by atoms with Crippen molar-refractivity contribution >= 4 is 22.6 Å². The number of halogens is 2. The van der Waals surface area contributed by atoms with Gasteiger partial charge in [-0.1, -0.05) is 12.1 Å². The molecule has 1 atom stereocenters. The minimum Gasteiger partial charge on any atom is -0.454 e. The van der Waals surface area contributed by atoms with E-state index in [1.165, 1.54) is 6.07 Å². The molecule has 2 rings (SSSR count). The Kier molecular flexibility index (Phi) is 4.19. The van der Waals surface area contributed by atoms with Gasteiger partial charge in [0.05, 0.1) is 0 Å². The molecule has 18 heavy (non-hydrogen) atoms. The molecule has 0 amide bonds. The van der Waals surface area contributed by atoms with E-state index >= 15 is 0 Å². The van der Waals surface area contributed by atoms with E-state index in [0.29, 0.717) is 5.75 Å². The van der Waals surface area contributed by atoms with Gasteiger partial charge in [-0.05, 0) is 65.4 Å². The van der Waals surface area contributed by atoms with Gasteiger partial charge in [-0.3, -0.25) is 0 Å².